The molecule has 0 aromatic heterocycles. The summed E-state index contributed by atoms with van der Waals surface area (Å²) in [6.07, 6.45) is 5.35. The first-order valence-electron chi connectivity index (χ1n) is 10.7. The Morgan fingerprint density at radius 1 is 1.14 bits per heavy atom. The first kappa shape index (κ1) is 21.1. The van der Waals surface area contributed by atoms with Crippen molar-refractivity contribution in [1.29, 1.82) is 0 Å². The van der Waals surface area contributed by atoms with E-state index in [1.54, 1.807) is 7.05 Å². The summed E-state index contributed by atoms with van der Waals surface area (Å²) in [5, 5.41) is 6.16. The van der Waals surface area contributed by atoms with Crippen LogP contribution < -0.4 is 15.5 Å². The maximum Gasteiger partial charge on any atom is 0.226 e. The second kappa shape index (κ2) is 10.3. The minimum absolute atomic E-state index is 0.126. The van der Waals surface area contributed by atoms with Crippen molar-refractivity contribution in [1.82, 2.24) is 15.5 Å². The summed E-state index contributed by atoms with van der Waals surface area (Å²) < 4.78 is 0. The van der Waals surface area contributed by atoms with Crippen molar-refractivity contribution in [3.05, 3.63) is 29.8 Å². The molecule has 7 heteroatoms. The molecule has 2 aliphatic rings. The molecule has 0 spiro atoms. The Bertz CT molecular complexity index is 723. The zero-order valence-electron chi connectivity index (χ0n) is 17.6. The van der Waals surface area contributed by atoms with E-state index in [9.17, 15) is 9.59 Å². The van der Waals surface area contributed by atoms with Crippen LogP contribution in [0.5, 0.6) is 0 Å². The van der Waals surface area contributed by atoms with Crippen molar-refractivity contribution in [2.24, 2.45) is 10.9 Å². The van der Waals surface area contributed by atoms with Gasteiger partial charge in [0.1, 0.15) is 0 Å². The molecule has 2 amide bonds. The molecular formula is C22H33N5O2. The van der Waals surface area contributed by atoms with E-state index in [2.05, 4.69) is 32.7 Å². The third-order valence-corrected chi connectivity index (χ3v) is 5.90. The molecular weight excluding hydrogens is 366 g/mol. The summed E-state index contributed by atoms with van der Waals surface area (Å²) >= 11 is 0. The lowest BCUT2D eigenvalue weighted by molar-refractivity contribution is -0.122. The van der Waals surface area contributed by atoms with Crippen molar-refractivity contribution in [2.75, 3.05) is 38.6 Å². The molecule has 2 heterocycles. The lowest BCUT2D eigenvalue weighted by Crippen LogP contribution is -2.45. The number of rotatable bonds is 5. The highest BCUT2D eigenvalue weighted by molar-refractivity contribution is 5.94. The number of hydrogen-bond donors (Lipinski definition) is 2. The van der Waals surface area contributed by atoms with Crippen LogP contribution in [0.3, 0.4) is 0 Å². The van der Waals surface area contributed by atoms with Crippen LogP contribution in [0, 0.1) is 5.92 Å². The highest BCUT2D eigenvalue weighted by Crippen LogP contribution is 2.22. The highest BCUT2D eigenvalue weighted by Gasteiger charge is 2.23. The molecule has 2 aliphatic heterocycles. The molecule has 1 aromatic rings. The number of amides is 2. The van der Waals surface area contributed by atoms with Crippen molar-refractivity contribution in [3.63, 3.8) is 0 Å². The summed E-state index contributed by atoms with van der Waals surface area (Å²) in [5.74, 6) is 1.70. The number of nitrogens with one attached hydrogen (secondary N) is 2. The fraction of sp³-hybridized carbons (Fsp3) is 0.591. The van der Waals surface area contributed by atoms with Gasteiger partial charge in [0.25, 0.3) is 0 Å². The Balaban J connectivity index is 1.48. The van der Waals surface area contributed by atoms with E-state index >= 15 is 0 Å². The molecule has 2 saturated heterocycles. The van der Waals surface area contributed by atoms with Crippen molar-refractivity contribution >= 4 is 23.5 Å². The van der Waals surface area contributed by atoms with Gasteiger partial charge in [0.05, 0.1) is 0 Å². The lowest BCUT2D eigenvalue weighted by atomic mass is 9.93. The van der Waals surface area contributed by atoms with Crippen LogP contribution >= 0.6 is 0 Å². The minimum atomic E-state index is 0.126. The number of piperidine rings is 2. The Kier molecular flexibility index (Phi) is 7.49. The second-order valence-electron chi connectivity index (χ2n) is 7.88. The van der Waals surface area contributed by atoms with Gasteiger partial charge in [0.2, 0.25) is 11.8 Å². The molecule has 0 radical (unpaired) electrons. The zero-order valence-corrected chi connectivity index (χ0v) is 17.6. The van der Waals surface area contributed by atoms with Crippen LogP contribution in [0.25, 0.3) is 0 Å². The number of hydrogen-bond acceptors (Lipinski definition) is 3. The summed E-state index contributed by atoms with van der Waals surface area (Å²) in [6, 6.07) is 8.22. The van der Waals surface area contributed by atoms with Crippen molar-refractivity contribution in [3.8, 4) is 0 Å². The first-order chi connectivity index (χ1) is 14.1. The van der Waals surface area contributed by atoms with Gasteiger partial charge in [0, 0.05) is 58.8 Å². The Labute approximate surface area is 173 Å². The Morgan fingerprint density at radius 3 is 2.48 bits per heavy atom. The normalized spacial score (nSPS) is 18.7. The number of guanidine groups is 1. The third kappa shape index (κ3) is 5.71. The van der Waals surface area contributed by atoms with Crippen molar-refractivity contribution < 1.29 is 9.59 Å². The van der Waals surface area contributed by atoms with Gasteiger partial charge in [0.15, 0.2) is 5.96 Å². The van der Waals surface area contributed by atoms with Crippen molar-refractivity contribution in [2.45, 2.75) is 45.1 Å². The van der Waals surface area contributed by atoms with Gasteiger partial charge >= 0.3 is 0 Å². The number of nitrogens with zero attached hydrogens (tertiary/aromatic N) is 3. The van der Waals surface area contributed by atoms with Crippen LogP contribution in [0.4, 0.5) is 5.69 Å². The van der Waals surface area contributed by atoms with Gasteiger partial charge in [-0.1, -0.05) is 12.1 Å². The van der Waals surface area contributed by atoms with E-state index in [0.717, 1.165) is 62.5 Å². The van der Waals surface area contributed by atoms with Gasteiger partial charge in [-0.15, -0.1) is 0 Å². The molecule has 0 atom stereocenters. The predicted molar refractivity (Wildman–Crippen MR) is 116 cm³/mol. The van der Waals surface area contributed by atoms with E-state index in [0.29, 0.717) is 25.3 Å². The summed E-state index contributed by atoms with van der Waals surface area (Å²) in [5.41, 5.74) is 2.15. The molecule has 29 heavy (non-hydrogen) atoms. The Hall–Kier alpha value is -2.57. The molecule has 1 aromatic carbocycles. The van der Waals surface area contributed by atoms with Crippen LogP contribution in [0.15, 0.2) is 29.3 Å². The number of likely N-dealkylation sites (tertiary alicyclic amines) is 1. The van der Waals surface area contributed by atoms with E-state index in [1.807, 2.05) is 24.1 Å². The molecule has 3 rings (SSSR count). The summed E-state index contributed by atoms with van der Waals surface area (Å²) in [4.78, 5) is 32.2. The van der Waals surface area contributed by atoms with Gasteiger partial charge in [-0.3, -0.25) is 14.6 Å². The van der Waals surface area contributed by atoms with Gasteiger partial charge in [-0.05, 0) is 49.3 Å². The predicted octanol–water partition coefficient (Wildman–Crippen LogP) is 2.13. The van der Waals surface area contributed by atoms with Crippen LogP contribution in [0.1, 0.15) is 44.1 Å². The molecule has 0 saturated carbocycles. The molecule has 0 bridgehead atoms. The van der Waals surface area contributed by atoms with Crippen LogP contribution in [0.2, 0.25) is 0 Å². The average Bonchev–Trinajstić information content (AvgIpc) is 2.76. The maximum atomic E-state index is 12.1. The first-order valence-corrected chi connectivity index (χ1v) is 10.7. The summed E-state index contributed by atoms with van der Waals surface area (Å²) in [7, 11) is 3.50. The topological polar surface area (TPSA) is 77.0 Å². The second-order valence-corrected chi connectivity index (χ2v) is 7.88. The zero-order chi connectivity index (χ0) is 20.6. The fourth-order valence-electron chi connectivity index (χ4n) is 4.10. The Morgan fingerprint density at radius 2 is 1.86 bits per heavy atom. The SMILES string of the molecule is CN=C(NCc1ccc(N2CCCCC2=O)cc1)N1CCC(CC(=O)NC)CC1. The number of carbonyl (C=O) groups excluding carboxylic acids is 2. The van der Waals surface area contributed by atoms with Gasteiger partial charge < -0.3 is 20.4 Å². The molecule has 2 N–H and O–H groups in total. The monoisotopic (exact) mass is 399 g/mol. The standard InChI is InChI=1S/C22H33N5O2/c1-23-20(28)15-17-10-13-26(14-11-17)22(24-2)25-16-18-6-8-19(9-7-18)27-12-4-3-5-21(27)29/h6-9,17H,3-5,10-16H2,1-2H3,(H,23,28)(H,24,25). The van der Waals surface area contributed by atoms with E-state index < -0.39 is 0 Å². The molecule has 7 nitrogen and oxygen atoms in total. The maximum absolute atomic E-state index is 12.1. The quantitative estimate of drug-likeness (QED) is 0.587. The molecule has 0 unspecified atom stereocenters. The number of anilines is 1. The molecule has 158 valence electrons. The molecule has 0 aliphatic carbocycles. The smallest absolute Gasteiger partial charge is 0.226 e. The van der Waals surface area contributed by atoms with Gasteiger partial charge in [-0.2, -0.15) is 0 Å². The van der Waals surface area contributed by atoms with Crippen LogP contribution in [-0.2, 0) is 16.1 Å². The van der Waals surface area contributed by atoms with Gasteiger partial charge in [-0.25, -0.2) is 0 Å². The average molecular weight is 400 g/mol. The van der Waals surface area contributed by atoms with E-state index in [4.69, 9.17) is 0 Å². The third-order valence-electron chi connectivity index (χ3n) is 5.90. The number of benzene rings is 1. The largest absolute Gasteiger partial charge is 0.359 e. The number of carbonyl (C=O) groups is 2. The highest BCUT2D eigenvalue weighted by atomic mass is 16.2. The van der Waals surface area contributed by atoms with Crippen LogP contribution in [-0.4, -0.2) is 56.4 Å². The molecule has 2 fully saturated rings. The van der Waals surface area contributed by atoms with E-state index in [-0.39, 0.29) is 11.8 Å². The minimum Gasteiger partial charge on any atom is -0.359 e. The summed E-state index contributed by atoms with van der Waals surface area (Å²) in [6.45, 7) is 3.34. The lowest BCUT2D eigenvalue weighted by Gasteiger charge is -2.34. The fourth-order valence-corrected chi connectivity index (χ4v) is 4.10. The number of aliphatic imine (C=N–C) groups is 1. The van der Waals surface area contributed by atoms with E-state index in [1.165, 1.54) is 0 Å².